The van der Waals surface area contributed by atoms with Gasteiger partial charge in [-0.25, -0.2) is 4.98 Å². The highest BCUT2D eigenvalue weighted by Crippen LogP contribution is 2.27. The van der Waals surface area contributed by atoms with Gasteiger partial charge in [0.15, 0.2) is 0 Å². The van der Waals surface area contributed by atoms with Crippen LogP contribution < -0.4 is 10.1 Å². The summed E-state index contributed by atoms with van der Waals surface area (Å²) >= 11 is 7.38. The molecule has 0 fully saturated rings. The Morgan fingerprint density at radius 3 is 2.76 bits per heavy atom. The van der Waals surface area contributed by atoms with Crippen molar-refractivity contribution < 1.29 is 4.74 Å². The van der Waals surface area contributed by atoms with Gasteiger partial charge in [0.2, 0.25) is 0 Å². The molecule has 0 saturated carbocycles. The Kier molecular flexibility index (Phi) is 5.34. The Hall–Kier alpha value is -2.81. The number of ether oxygens (including phenoxy) is 1. The van der Waals surface area contributed by atoms with E-state index >= 15 is 0 Å². The molecule has 3 rings (SSSR count). The highest BCUT2D eigenvalue weighted by molar-refractivity contribution is 7.11. The van der Waals surface area contributed by atoms with Crippen LogP contribution in [0.3, 0.4) is 0 Å². The maximum Gasteiger partial charge on any atom is 0.136 e. The number of hydrogen-bond acceptors (Lipinski definition) is 5. The molecule has 0 aliphatic rings. The molecule has 124 valence electrons. The molecule has 6 heteroatoms. The summed E-state index contributed by atoms with van der Waals surface area (Å²) in [6, 6.07) is 17.1. The van der Waals surface area contributed by atoms with E-state index in [9.17, 15) is 5.26 Å². The second-order valence-electron chi connectivity index (χ2n) is 5.09. The summed E-state index contributed by atoms with van der Waals surface area (Å²) in [4.78, 5) is 4.56. The lowest BCUT2D eigenvalue weighted by atomic mass is 10.2. The monoisotopic (exact) mass is 367 g/mol. The minimum Gasteiger partial charge on any atom is -0.497 e. The minimum atomic E-state index is 0.463. The first-order valence-corrected chi connectivity index (χ1v) is 8.68. The van der Waals surface area contributed by atoms with Crippen LogP contribution >= 0.6 is 22.9 Å². The summed E-state index contributed by atoms with van der Waals surface area (Å²) in [6.45, 7) is 0. The summed E-state index contributed by atoms with van der Waals surface area (Å²) in [5.41, 5.74) is 3.08. The van der Waals surface area contributed by atoms with E-state index in [-0.39, 0.29) is 0 Å². The molecule has 0 aliphatic carbocycles. The van der Waals surface area contributed by atoms with Crippen LogP contribution in [-0.2, 0) is 0 Å². The van der Waals surface area contributed by atoms with Crippen LogP contribution in [0.2, 0.25) is 5.02 Å². The van der Waals surface area contributed by atoms with Crippen LogP contribution in [0.25, 0.3) is 16.8 Å². The topological polar surface area (TPSA) is 57.9 Å². The lowest BCUT2D eigenvalue weighted by Gasteiger charge is -2.02. The molecule has 0 radical (unpaired) electrons. The molecular formula is C19H14ClN3OS. The van der Waals surface area contributed by atoms with E-state index in [1.807, 2.05) is 41.8 Å². The van der Waals surface area contributed by atoms with Gasteiger partial charge < -0.3 is 10.1 Å². The molecule has 0 aliphatic heterocycles. The molecule has 0 bridgehead atoms. The van der Waals surface area contributed by atoms with E-state index in [1.54, 1.807) is 25.4 Å². The van der Waals surface area contributed by atoms with Gasteiger partial charge in [0, 0.05) is 27.9 Å². The van der Waals surface area contributed by atoms with Gasteiger partial charge in [0.25, 0.3) is 0 Å². The normalized spacial score (nSPS) is 11.0. The first-order valence-electron chi connectivity index (χ1n) is 7.42. The lowest BCUT2D eigenvalue weighted by molar-refractivity contribution is 0.415. The van der Waals surface area contributed by atoms with E-state index in [2.05, 4.69) is 16.4 Å². The summed E-state index contributed by atoms with van der Waals surface area (Å²) in [7, 11) is 1.63. The van der Waals surface area contributed by atoms with Crippen molar-refractivity contribution in [3.8, 4) is 23.1 Å². The lowest BCUT2D eigenvalue weighted by Crippen LogP contribution is -1.91. The Morgan fingerprint density at radius 1 is 1.28 bits per heavy atom. The first-order chi connectivity index (χ1) is 12.2. The number of nitriles is 1. The number of thiazole rings is 1. The molecule has 0 saturated heterocycles. The Morgan fingerprint density at radius 2 is 2.08 bits per heavy atom. The molecule has 0 unspecified atom stereocenters. The number of hydrogen-bond donors (Lipinski definition) is 1. The number of aromatic nitrogens is 1. The molecule has 1 aromatic heterocycles. The van der Waals surface area contributed by atoms with E-state index in [0.29, 0.717) is 15.6 Å². The second-order valence-corrected chi connectivity index (χ2v) is 6.39. The zero-order valence-corrected chi connectivity index (χ0v) is 14.9. The van der Waals surface area contributed by atoms with Gasteiger partial charge in [0.1, 0.15) is 22.4 Å². The van der Waals surface area contributed by atoms with Gasteiger partial charge in [-0.3, -0.25) is 0 Å². The van der Waals surface area contributed by atoms with Crippen molar-refractivity contribution in [1.82, 2.24) is 4.98 Å². The molecule has 4 nitrogen and oxygen atoms in total. The van der Waals surface area contributed by atoms with Crippen LogP contribution in [0.1, 0.15) is 5.01 Å². The van der Waals surface area contributed by atoms with Gasteiger partial charge in [-0.15, -0.1) is 11.3 Å². The molecule has 0 atom stereocenters. The van der Waals surface area contributed by atoms with Gasteiger partial charge in [0.05, 0.1) is 12.8 Å². The summed E-state index contributed by atoms with van der Waals surface area (Å²) < 4.78 is 5.16. The van der Waals surface area contributed by atoms with Crippen LogP contribution in [-0.4, -0.2) is 12.1 Å². The molecular weight excluding hydrogens is 354 g/mol. The van der Waals surface area contributed by atoms with E-state index in [1.165, 1.54) is 11.3 Å². The summed E-state index contributed by atoms with van der Waals surface area (Å²) in [6.07, 6.45) is 1.64. The van der Waals surface area contributed by atoms with Gasteiger partial charge in [-0.1, -0.05) is 17.7 Å². The number of allylic oxidation sites excluding steroid dienone is 1. The molecule has 1 heterocycles. The third kappa shape index (κ3) is 4.18. The van der Waals surface area contributed by atoms with Crippen molar-refractivity contribution in [3.05, 3.63) is 70.1 Å². The van der Waals surface area contributed by atoms with Crippen LogP contribution in [0.15, 0.2) is 60.1 Å². The third-order valence-electron chi connectivity index (χ3n) is 3.45. The largest absolute Gasteiger partial charge is 0.497 e. The fraction of sp³-hybridized carbons (Fsp3) is 0.0526. The zero-order chi connectivity index (χ0) is 17.6. The summed E-state index contributed by atoms with van der Waals surface area (Å²) in [5, 5.41) is 15.7. The Labute approximate surface area is 155 Å². The number of halogens is 1. The highest BCUT2D eigenvalue weighted by atomic mass is 35.5. The Bertz CT molecular complexity index is 942. The number of anilines is 1. The van der Waals surface area contributed by atoms with Crippen LogP contribution in [0, 0.1) is 11.3 Å². The fourth-order valence-corrected chi connectivity index (χ4v) is 3.15. The van der Waals surface area contributed by atoms with Crippen molar-refractivity contribution in [2.45, 2.75) is 0 Å². The maximum atomic E-state index is 9.43. The summed E-state index contributed by atoms with van der Waals surface area (Å²) in [5.74, 6) is 0.794. The van der Waals surface area contributed by atoms with E-state index in [4.69, 9.17) is 16.3 Å². The maximum absolute atomic E-state index is 9.43. The number of rotatable bonds is 5. The number of nitrogens with one attached hydrogen (secondary N) is 1. The van der Waals surface area contributed by atoms with Gasteiger partial charge in [-0.2, -0.15) is 5.26 Å². The smallest absolute Gasteiger partial charge is 0.136 e. The van der Waals surface area contributed by atoms with Gasteiger partial charge >= 0.3 is 0 Å². The first kappa shape index (κ1) is 17.0. The van der Waals surface area contributed by atoms with Crippen molar-refractivity contribution in [1.29, 1.82) is 5.26 Å². The SMILES string of the molecule is COc1ccc(-c2csc(C(C#N)=CNc3cccc(Cl)c3)n2)cc1. The van der Waals surface area contributed by atoms with Gasteiger partial charge in [-0.05, 0) is 42.5 Å². The molecule has 0 spiro atoms. The fourth-order valence-electron chi connectivity index (χ4n) is 2.17. The number of nitrogens with zero attached hydrogens (tertiary/aromatic N) is 2. The predicted molar refractivity (Wildman–Crippen MR) is 103 cm³/mol. The van der Waals surface area contributed by atoms with Crippen molar-refractivity contribution in [2.75, 3.05) is 12.4 Å². The molecule has 1 N–H and O–H groups in total. The van der Waals surface area contributed by atoms with E-state index in [0.717, 1.165) is 22.7 Å². The average molecular weight is 368 g/mol. The predicted octanol–water partition coefficient (Wildman–Crippen LogP) is 5.45. The molecule has 3 aromatic rings. The molecule has 2 aromatic carbocycles. The standard InChI is InChI=1S/C19H14ClN3OS/c1-24-17-7-5-13(6-8-17)18-12-25-19(23-18)14(10-21)11-22-16-4-2-3-15(20)9-16/h2-9,11-12,22H,1H3. The molecule has 0 amide bonds. The van der Waals surface area contributed by atoms with Crippen LogP contribution in [0.4, 0.5) is 5.69 Å². The number of benzene rings is 2. The number of methoxy groups -OCH3 is 1. The third-order valence-corrected chi connectivity index (χ3v) is 4.56. The van der Waals surface area contributed by atoms with Crippen molar-refractivity contribution in [3.63, 3.8) is 0 Å². The quantitative estimate of drug-likeness (QED) is 0.609. The average Bonchev–Trinajstić information content (AvgIpc) is 3.12. The zero-order valence-electron chi connectivity index (χ0n) is 13.4. The highest BCUT2D eigenvalue weighted by Gasteiger charge is 2.09. The minimum absolute atomic E-state index is 0.463. The van der Waals surface area contributed by atoms with E-state index < -0.39 is 0 Å². The van der Waals surface area contributed by atoms with Crippen molar-refractivity contribution >= 4 is 34.2 Å². The van der Waals surface area contributed by atoms with Crippen molar-refractivity contribution in [2.24, 2.45) is 0 Å². The molecule has 25 heavy (non-hydrogen) atoms. The Balaban J connectivity index is 1.81. The second kappa shape index (κ2) is 7.84. The van der Waals surface area contributed by atoms with Crippen LogP contribution in [0.5, 0.6) is 5.75 Å².